The Bertz CT molecular complexity index is 684. The van der Waals surface area contributed by atoms with Crippen LogP contribution in [0.15, 0.2) is 54.6 Å². The Hall–Kier alpha value is -1.88. The largest absolute Gasteiger partial charge is 0.491 e. The Kier molecular flexibility index (Phi) is 9.51. The predicted molar refractivity (Wildman–Crippen MR) is 119 cm³/mol. The second-order valence-corrected chi connectivity index (χ2v) is 8.09. The average molecular weight is 397 g/mol. The zero-order valence-electron chi connectivity index (χ0n) is 17.6. The molecule has 1 heterocycles. The van der Waals surface area contributed by atoms with Gasteiger partial charge in [0.05, 0.1) is 0 Å². The quantitative estimate of drug-likeness (QED) is 0.563. The molecule has 0 saturated carbocycles. The van der Waals surface area contributed by atoms with Crippen molar-refractivity contribution in [2.45, 2.75) is 51.2 Å². The molecule has 0 aromatic heterocycles. The predicted octanol–water partition coefficient (Wildman–Crippen LogP) is 4.02. The van der Waals surface area contributed by atoms with Gasteiger partial charge in [0.25, 0.3) is 0 Å². The zero-order chi connectivity index (χ0) is 20.2. The number of hydrogen-bond donors (Lipinski definition) is 2. The molecule has 0 spiro atoms. The number of rotatable bonds is 11. The minimum atomic E-state index is -0.437. The molecule has 0 amide bonds. The number of aryl methyl sites for hydroxylation is 1. The minimum absolute atomic E-state index is 0.352. The Morgan fingerprint density at radius 2 is 1.69 bits per heavy atom. The maximum atomic E-state index is 10.3. The first-order valence-corrected chi connectivity index (χ1v) is 11.2. The molecule has 29 heavy (non-hydrogen) atoms. The SMILES string of the molecule is OC(COc1cccc(CNCCCc2ccccc2)c1)CN1CCCCCC1. The molecule has 0 aliphatic carbocycles. The number of nitrogens with zero attached hydrogens (tertiary/aromatic N) is 1. The highest BCUT2D eigenvalue weighted by Crippen LogP contribution is 2.15. The number of aliphatic hydroxyl groups excluding tert-OH is 1. The number of ether oxygens (including phenoxy) is 1. The Morgan fingerprint density at radius 1 is 0.931 bits per heavy atom. The van der Waals surface area contributed by atoms with Crippen LogP contribution in [0.3, 0.4) is 0 Å². The second kappa shape index (κ2) is 12.6. The molecule has 1 saturated heterocycles. The van der Waals surface area contributed by atoms with Gasteiger partial charge in [-0.25, -0.2) is 0 Å². The van der Waals surface area contributed by atoms with Gasteiger partial charge in [-0.2, -0.15) is 0 Å². The van der Waals surface area contributed by atoms with Crippen LogP contribution in [0.25, 0.3) is 0 Å². The smallest absolute Gasteiger partial charge is 0.119 e. The van der Waals surface area contributed by atoms with E-state index in [-0.39, 0.29) is 0 Å². The van der Waals surface area contributed by atoms with Crippen molar-refractivity contribution in [1.29, 1.82) is 0 Å². The third-order valence-corrected chi connectivity index (χ3v) is 5.50. The Labute approximate surface area is 175 Å². The lowest BCUT2D eigenvalue weighted by molar-refractivity contribution is 0.0693. The van der Waals surface area contributed by atoms with Gasteiger partial charge in [-0.15, -0.1) is 0 Å². The topological polar surface area (TPSA) is 44.7 Å². The lowest BCUT2D eigenvalue weighted by Crippen LogP contribution is -2.36. The third kappa shape index (κ3) is 8.57. The van der Waals surface area contributed by atoms with Crippen LogP contribution in [0, 0.1) is 0 Å². The van der Waals surface area contributed by atoms with Gasteiger partial charge < -0.3 is 20.1 Å². The van der Waals surface area contributed by atoms with E-state index in [4.69, 9.17) is 4.74 Å². The Morgan fingerprint density at radius 3 is 2.48 bits per heavy atom. The molecular weight excluding hydrogens is 360 g/mol. The standard InChI is InChI=1S/C25H36N2O2/c28-24(20-27-16-6-1-2-7-17-27)21-29-25-14-8-12-23(18-25)19-26-15-9-13-22-10-4-3-5-11-22/h3-5,8,10-12,14,18,24,26,28H,1-2,6-7,9,13,15-17,19-21H2. The van der Waals surface area contributed by atoms with E-state index in [9.17, 15) is 5.11 Å². The molecule has 158 valence electrons. The number of β-amino-alcohol motifs (C(OH)–C–C–N with tert-alkyl or cyclic N) is 1. The molecule has 2 aromatic carbocycles. The summed E-state index contributed by atoms with van der Waals surface area (Å²) in [7, 11) is 0. The number of likely N-dealkylation sites (tertiary alicyclic amines) is 1. The maximum absolute atomic E-state index is 10.3. The van der Waals surface area contributed by atoms with Crippen LogP contribution < -0.4 is 10.1 Å². The van der Waals surface area contributed by atoms with E-state index in [0.717, 1.165) is 44.8 Å². The third-order valence-electron chi connectivity index (χ3n) is 5.50. The lowest BCUT2D eigenvalue weighted by Gasteiger charge is -2.23. The molecule has 1 fully saturated rings. The van der Waals surface area contributed by atoms with E-state index >= 15 is 0 Å². The van der Waals surface area contributed by atoms with Crippen LogP contribution >= 0.6 is 0 Å². The monoisotopic (exact) mass is 396 g/mol. The normalized spacial score (nSPS) is 16.3. The summed E-state index contributed by atoms with van der Waals surface area (Å²) in [6.45, 7) is 5.09. The molecular formula is C25H36N2O2. The van der Waals surface area contributed by atoms with E-state index in [0.29, 0.717) is 13.2 Å². The van der Waals surface area contributed by atoms with Gasteiger partial charge in [0.1, 0.15) is 18.5 Å². The van der Waals surface area contributed by atoms with Crippen molar-refractivity contribution in [2.24, 2.45) is 0 Å². The first-order valence-electron chi connectivity index (χ1n) is 11.2. The molecule has 1 aliphatic rings. The molecule has 1 atom stereocenters. The van der Waals surface area contributed by atoms with Crippen molar-refractivity contribution < 1.29 is 9.84 Å². The van der Waals surface area contributed by atoms with Crippen molar-refractivity contribution in [3.63, 3.8) is 0 Å². The first kappa shape index (κ1) is 21.8. The fourth-order valence-electron chi connectivity index (χ4n) is 3.90. The maximum Gasteiger partial charge on any atom is 0.119 e. The summed E-state index contributed by atoms with van der Waals surface area (Å²) in [5.74, 6) is 0.837. The Balaban J connectivity index is 1.33. The van der Waals surface area contributed by atoms with Crippen LogP contribution in [0.2, 0.25) is 0 Å². The molecule has 4 heteroatoms. The summed E-state index contributed by atoms with van der Waals surface area (Å²) in [5, 5.41) is 13.9. The van der Waals surface area contributed by atoms with E-state index < -0.39 is 6.10 Å². The molecule has 2 N–H and O–H groups in total. The highest BCUT2D eigenvalue weighted by Gasteiger charge is 2.14. The van der Waals surface area contributed by atoms with Crippen LogP contribution in [-0.2, 0) is 13.0 Å². The van der Waals surface area contributed by atoms with Gasteiger partial charge >= 0.3 is 0 Å². The molecule has 4 nitrogen and oxygen atoms in total. The van der Waals surface area contributed by atoms with Crippen molar-refractivity contribution in [3.05, 3.63) is 65.7 Å². The van der Waals surface area contributed by atoms with E-state index in [1.54, 1.807) is 0 Å². The molecule has 1 aliphatic heterocycles. The van der Waals surface area contributed by atoms with Crippen LogP contribution in [0.5, 0.6) is 5.75 Å². The van der Waals surface area contributed by atoms with Crippen molar-refractivity contribution >= 4 is 0 Å². The van der Waals surface area contributed by atoms with Gasteiger partial charge in [-0.1, -0.05) is 55.3 Å². The second-order valence-electron chi connectivity index (χ2n) is 8.09. The number of aliphatic hydroxyl groups is 1. The minimum Gasteiger partial charge on any atom is -0.491 e. The first-order chi connectivity index (χ1) is 14.3. The van der Waals surface area contributed by atoms with Gasteiger partial charge in [-0.3, -0.25) is 0 Å². The molecule has 1 unspecified atom stereocenters. The zero-order valence-corrected chi connectivity index (χ0v) is 17.6. The average Bonchev–Trinajstić information content (AvgIpc) is 3.02. The highest BCUT2D eigenvalue weighted by atomic mass is 16.5. The van der Waals surface area contributed by atoms with E-state index in [2.05, 4.69) is 52.7 Å². The van der Waals surface area contributed by atoms with E-state index in [1.807, 2.05) is 12.1 Å². The summed E-state index contributed by atoms with van der Waals surface area (Å²) in [6, 6.07) is 18.8. The van der Waals surface area contributed by atoms with Crippen LogP contribution in [-0.4, -0.2) is 48.9 Å². The van der Waals surface area contributed by atoms with Gasteiger partial charge in [0.2, 0.25) is 0 Å². The summed E-state index contributed by atoms with van der Waals surface area (Å²) >= 11 is 0. The molecule has 0 bridgehead atoms. The highest BCUT2D eigenvalue weighted by molar-refractivity contribution is 5.28. The number of nitrogens with one attached hydrogen (secondary N) is 1. The molecule has 0 radical (unpaired) electrons. The van der Waals surface area contributed by atoms with Gasteiger partial charge in [0.15, 0.2) is 0 Å². The summed E-state index contributed by atoms with van der Waals surface area (Å²) < 4.78 is 5.86. The van der Waals surface area contributed by atoms with Gasteiger partial charge in [0, 0.05) is 13.1 Å². The summed E-state index contributed by atoms with van der Waals surface area (Å²) in [5.41, 5.74) is 2.60. The molecule has 2 aromatic rings. The van der Waals surface area contributed by atoms with Gasteiger partial charge in [-0.05, 0) is 68.6 Å². The van der Waals surface area contributed by atoms with Crippen molar-refractivity contribution in [3.8, 4) is 5.75 Å². The van der Waals surface area contributed by atoms with E-state index in [1.165, 1.54) is 36.8 Å². The lowest BCUT2D eigenvalue weighted by atomic mass is 10.1. The number of hydrogen-bond acceptors (Lipinski definition) is 4. The van der Waals surface area contributed by atoms with Crippen molar-refractivity contribution in [2.75, 3.05) is 32.8 Å². The van der Waals surface area contributed by atoms with Crippen molar-refractivity contribution in [1.82, 2.24) is 10.2 Å². The van der Waals surface area contributed by atoms with Crippen LogP contribution in [0.1, 0.15) is 43.2 Å². The summed E-state index contributed by atoms with van der Waals surface area (Å²) in [6.07, 6.45) is 6.91. The van der Waals surface area contributed by atoms with Crippen LogP contribution in [0.4, 0.5) is 0 Å². The fraction of sp³-hybridized carbons (Fsp3) is 0.520. The molecule has 3 rings (SSSR count). The fourth-order valence-corrected chi connectivity index (χ4v) is 3.90. The number of benzene rings is 2. The summed E-state index contributed by atoms with van der Waals surface area (Å²) in [4.78, 5) is 2.37.